The molecule has 0 saturated carbocycles. The average molecular weight is 314 g/mol. The van der Waals surface area contributed by atoms with Crippen molar-refractivity contribution in [3.8, 4) is 0 Å². The van der Waals surface area contributed by atoms with Crippen LogP contribution in [-0.4, -0.2) is 39.5 Å². The molecule has 0 aliphatic carbocycles. The fraction of sp³-hybridized carbons (Fsp3) is 1.00. The topological polar surface area (TPSA) is 30.5 Å². The van der Waals surface area contributed by atoms with Gasteiger partial charge in [-0.2, -0.15) is 0 Å². The van der Waals surface area contributed by atoms with E-state index in [2.05, 4.69) is 33.0 Å². The van der Waals surface area contributed by atoms with Gasteiger partial charge in [-0.1, -0.05) is 34.1 Å². The van der Waals surface area contributed by atoms with Crippen LogP contribution in [0.5, 0.6) is 0 Å². The standard InChI is InChI=1S/C19H39NO2/c1-16(2)7-8-19(9-12-20-11-6-13-21-5)10-14-22-18(15-19)17(3)4/h16-18,20H,6-15H2,1-5H3/t18-,19+/m0/s1. The van der Waals surface area contributed by atoms with E-state index in [0.29, 0.717) is 17.4 Å². The molecule has 0 aromatic carbocycles. The maximum atomic E-state index is 6.02. The zero-order valence-electron chi connectivity index (χ0n) is 15.6. The second-order valence-corrected chi connectivity index (χ2v) is 7.89. The molecule has 1 saturated heterocycles. The van der Waals surface area contributed by atoms with E-state index < -0.39 is 0 Å². The van der Waals surface area contributed by atoms with Gasteiger partial charge in [0.05, 0.1) is 6.10 Å². The maximum absolute atomic E-state index is 6.02. The van der Waals surface area contributed by atoms with Crippen LogP contribution in [0.1, 0.15) is 66.2 Å². The minimum Gasteiger partial charge on any atom is -0.385 e. The van der Waals surface area contributed by atoms with Crippen LogP contribution >= 0.6 is 0 Å². The zero-order valence-corrected chi connectivity index (χ0v) is 15.6. The summed E-state index contributed by atoms with van der Waals surface area (Å²) < 4.78 is 11.1. The van der Waals surface area contributed by atoms with Crippen molar-refractivity contribution in [3.63, 3.8) is 0 Å². The second kappa shape index (κ2) is 10.6. The highest BCUT2D eigenvalue weighted by Crippen LogP contribution is 2.43. The summed E-state index contributed by atoms with van der Waals surface area (Å²) in [7, 11) is 1.77. The van der Waals surface area contributed by atoms with Crippen LogP contribution in [0.2, 0.25) is 0 Å². The molecule has 0 unspecified atom stereocenters. The van der Waals surface area contributed by atoms with E-state index >= 15 is 0 Å². The Morgan fingerprint density at radius 3 is 2.59 bits per heavy atom. The zero-order chi connectivity index (χ0) is 16.4. The quantitative estimate of drug-likeness (QED) is 0.578. The highest BCUT2D eigenvalue weighted by molar-refractivity contribution is 4.88. The Morgan fingerprint density at radius 2 is 1.95 bits per heavy atom. The predicted octanol–water partition coefficient (Wildman–Crippen LogP) is 4.26. The normalized spacial score (nSPS) is 26.0. The largest absolute Gasteiger partial charge is 0.385 e. The summed E-state index contributed by atoms with van der Waals surface area (Å²) >= 11 is 0. The van der Waals surface area contributed by atoms with Gasteiger partial charge in [0.1, 0.15) is 0 Å². The van der Waals surface area contributed by atoms with Gasteiger partial charge >= 0.3 is 0 Å². The molecule has 3 heteroatoms. The molecule has 1 N–H and O–H groups in total. The van der Waals surface area contributed by atoms with E-state index in [1.54, 1.807) is 7.11 Å². The molecular formula is C19H39NO2. The Bertz CT molecular complexity index is 281. The summed E-state index contributed by atoms with van der Waals surface area (Å²) in [6.45, 7) is 13.3. The van der Waals surface area contributed by atoms with Gasteiger partial charge < -0.3 is 14.8 Å². The van der Waals surface area contributed by atoms with E-state index in [9.17, 15) is 0 Å². The first-order valence-electron chi connectivity index (χ1n) is 9.30. The lowest BCUT2D eigenvalue weighted by atomic mass is 9.69. The average Bonchev–Trinajstić information content (AvgIpc) is 2.49. The number of nitrogens with one attached hydrogen (secondary N) is 1. The van der Waals surface area contributed by atoms with Crippen molar-refractivity contribution in [3.05, 3.63) is 0 Å². The van der Waals surface area contributed by atoms with Gasteiger partial charge in [0, 0.05) is 20.3 Å². The van der Waals surface area contributed by atoms with Crippen LogP contribution in [0.3, 0.4) is 0 Å². The van der Waals surface area contributed by atoms with Crippen molar-refractivity contribution < 1.29 is 9.47 Å². The number of ether oxygens (including phenoxy) is 2. The van der Waals surface area contributed by atoms with Crippen LogP contribution in [0.25, 0.3) is 0 Å². The van der Waals surface area contributed by atoms with Crippen molar-refractivity contribution in [1.29, 1.82) is 0 Å². The summed E-state index contributed by atoms with van der Waals surface area (Å²) in [6.07, 6.45) is 8.03. The van der Waals surface area contributed by atoms with Crippen LogP contribution in [0, 0.1) is 17.3 Å². The first kappa shape index (κ1) is 19.9. The monoisotopic (exact) mass is 313 g/mol. The summed E-state index contributed by atoms with van der Waals surface area (Å²) in [5, 5.41) is 3.60. The first-order valence-corrected chi connectivity index (χ1v) is 9.30. The van der Waals surface area contributed by atoms with Crippen molar-refractivity contribution >= 4 is 0 Å². The molecule has 1 heterocycles. The van der Waals surface area contributed by atoms with E-state index in [-0.39, 0.29) is 0 Å². The van der Waals surface area contributed by atoms with Gasteiger partial charge in [-0.05, 0) is 62.4 Å². The number of rotatable bonds is 11. The molecule has 1 aliphatic heterocycles. The van der Waals surface area contributed by atoms with Crippen molar-refractivity contribution in [2.24, 2.45) is 17.3 Å². The molecule has 0 amide bonds. The second-order valence-electron chi connectivity index (χ2n) is 7.89. The Labute approximate surface area is 138 Å². The number of methoxy groups -OCH3 is 1. The molecule has 1 aliphatic rings. The van der Waals surface area contributed by atoms with Gasteiger partial charge in [0.25, 0.3) is 0 Å². The summed E-state index contributed by atoms with van der Waals surface area (Å²) in [5.74, 6) is 1.43. The highest BCUT2D eigenvalue weighted by Gasteiger charge is 2.37. The molecule has 0 spiro atoms. The molecule has 1 rings (SSSR count). The lowest BCUT2D eigenvalue weighted by Gasteiger charge is -2.43. The Balaban J connectivity index is 2.47. The van der Waals surface area contributed by atoms with Gasteiger partial charge in [0.2, 0.25) is 0 Å². The Morgan fingerprint density at radius 1 is 1.18 bits per heavy atom. The molecule has 1 fully saturated rings. The van der Waals surface area contributed by atoms with Crippen LogP contribution in [0.15, 0.2) is 0 Å². The van der Waals surface area contributed by atoms with E-state index in [0.717, 1.165) is 38.6 Å². The van der Waals surface area contributed by atoms with Gasteiger partial charge in [-0.25, -0.2) is 0 Å². The summed E-state index contributed by atoms with van der Waals surface area (Å²) in [5.41, 5.74) is 0.492. The van der Waals surface area contributed by atoms with E-state index in [1.165, 1.54) is 32.1 Å². The number of hydrogen-bond donors (Lipinski definition) is 1. The lowest BCUT2D eigenvalue weighted by molar-refractivity contribution is -0.0761. The molecule has 22 heavy (non-hydrogen) atoms. The maximum Gasteiger partial charge on any atom is 0.0603 e. The fourth-order valence-electron chi connectivity index (χ4n) is 3.44. The molecule has 0 bridgehead atoms. The molecule has 3 nitrogen and oxygen atoms in total. The third-order valence-corrected chi connectivity index (χ3v) is 5.13. The molecular weight excluding hydrogens is 274 g/mol. The van der Waals surface area contributed by atoms with Crippen LogP contribution in [0.4, 0.5) is 0 Å². The Kier molecular flexibility index (Phi) is 9.62. The third-order valence-electron chi connectivity index (χ3n) is 5.13. The summed E-state index contributed by atoms with van der Waals surface area (Å²) in [6, 6.07) is 0. The van der Waals surface area contributed by atoms with Gasteiger partial charge in [-0.15, -0.1) is 0 Å². The molecule has 132 valence electrons. The van der Waals surface area contributed by atoms with Gasteiger partial charge in [-0.3, -0.25) is 0 Å². The SMILES string of the molecule is COCCCNCC[C@]1(CCC(C)C)CCO[C@H](C(C)C)C1. The number of hydrogen-bond acceptors (Lipinski definition) is 3. The minimum absolute atomic E-state index is 0.453. The third kappa shape index (κ3) is 7.43. The minimum atomic E-state index is 0.453. The van der Waals surface area contributed by atoms with Gasteiger partial charge in [0.15, 0.2) is 0 Å². The van der Waals surface area contributed by atoms with Crippen molar-refractivity contribution in [2.75, 3.05) is 33.4 Å². The predicted molar refractivity (Wildman–Crippen MR) is 94.3 cm³/mol. The van der Waals surface area contributed by atoms with Crippen molar-refractivity contribution in [1.82, 2.24) is 5.32 Å². The molecule has 0 aromatic heterocycles. The fourth-order valence-corrected chi connectivity index (χ4v) is 3.44. The molecule has 0 radical (unpaired) electrons. The van der Waals surface area contributed by atoms with E-state index in [1.807, 2.05) is 0 Å². The van der Waals surface area contributed by atoms with E-state index in [4.69, 9.17) is 9.47 Å². The highest BCUT2D eigenvalue weighted by atomic mass is 16.5. The Hall–Kier alpha value is -0.120. The lowest BCUT2D eigenvalue weighted by Crippen LogP contribution is -2.40. The summed E-state index contributed by atoms with van der Waals surface area (Å²) in [4.78, 5) is 0. The smallest absolute Gasteiger partial charge is 0.0603 e. The van der Waals surface area contributed by atoms with Crippen LogP contribution < -0.4 is 5.32 Å². The first-order chi connectivity index (χ1) is 10.5. The van der Waals surface area contributed by atoms with Crippen molar-refractivity contribution in [2.45, 2.75) is 72.3 Å². The molecule has 0 aromatic rings. The van der Waals surface area contributed by atoms with Crippen LogP contribution in [-0.2, 0) is 9.47 Å². The molecule has 2 atom stereocenters.